The lowest BCUT2D eigenvalue weighted by Crippen LogP contribution is -1.94. The van der Waals surface area contributed by atoms with Crippen molar-refractivity contribution in [3.05, 3.63) is 546 Å². The molecule has 30 aromatic rings. The lowest BCUT2D eigenvalue weighted by Gasteiger charge is -2.21. The fourth-order valence-electron chi connectivity index (χ4n) is 23.5. The van der Waals surface area contributed by atoms with Crippen LogP contribution in [-0.4, -0.2) is 0 Å². The highest BCUT2D eigenvalue weighted by atomic mass is 16.3. The highest BCUT2D eigenvalue weighted by Crippen LogP contribution is 2.54. The molecule has 0 aliphatic rings. The molecule has 0 fully saturated rings. The standard InChI is InChI=1S/3C48H30O/c1-3-13-31(14-4-1)33-23-26-36-34(29-33)24-28-43(46(36)32-15-5-2-6-16-32)48-41-20-9-7-18-39(41)47(40-19-8-10-21-42(40)48)35-25-27-38-37-17-11-12-22-44(37)49-45(38)30-35;1-3-13-31(14-4-1)35-27-28-36(32-15-5-2-6-16-32)44-29-33(23-25-37(35)44)47-40-18-7-9-20-42(40)48(43-21-10-8-19-41(43)47)34-24-26-39-38-17-11-12-22-45(38)49-46(39)30-34;1-3-13-31(14-4-1)33-23-24-34-28-43(32-15-5-2-6-16-32)44(29-36(34)27-33)48-41-20-9-7-18-39(41)47(40-19-8-10-21-42(40)48)35-25-26-38-37-17-11-12-22-45(37)49-46(38)30-35/h3*1-30H. The van der Waals surface area contributed by atoms with Crippen LogP contribution in [0, 0.1) is 0 Å². The minimum Gasteiger partial charge on any atom is -0.456 e. The van der Waals surface area contributed by atoms with Crippen molar-refractivity contribution in [3.63, 3.8) is 0 Å². The Kier molecular flexibility index (Phi) is 21.0. The van der Waals surface area contributed by atoms with E-state index in [1.54, 1.807) is 0 Å². The molecule has 0 saturated carbocycles. The van der Waals surface area contributed by atoms with Crippen LogP contribution >= 0.6 is 0 Å². The summed E-state index contributed by atoms with van der Waals surface area (Å²) in [7, 11) is 0. The summed E-state index contributed by atoms with van der Waals surface area (Å²) in [6, 6.07) is 198. The number of para-hydroxylation sites is 3. The second kappa shape index (κ2) is 36.0. The number of benzene rings is 27. The Labute approximate surface area is 849 Å². The Morgan fingerprint density at radius 1 is 0.0884 bits per heavy atom. The van der Waals surface area contributed by atoms with Crippen molar-refractivity contribution in [1.29, 1.82) is 0 Å². The zero-order chi connectivity index (χ0) is 96.9. The third kappa shape index (κ3) is 14.9. The Morgan fingerprint density at radius 2 is 0.333 bits per heavy atom. The van der Waals surface area contributed by atoms with Gasteiger partial charge in [0.05, 0.1) is 0 Å². The van der Waals surface area contributed by atoms with Gasteiger partial charge in [0.2, 0.25) is 0 Å². The van der Waals surface area contributed by atoms with E-state index < -0.39 is 0 Å². The number of rotatable bonds is 12. The van der Waals surface area contributed by atoms with Crippen molar-refractivity contribution >= 4 is 163 Å². The molecule has 0 saturated heterocycles. The van der Waals surface area contributed by atoms with E-state index in [-0.39, 0.29) is 0 Å². The van der Waals surface area contributed by atoms with Crippen molar-refractivity contribution in [1.82, 2.24) is 0 Å². The quantitative estimate of drug-likeness (QED) is 0.114. The smallest absolute Gasteiger partial charge is 0.136 e. The minimum atomic E-state index is 0.908. The van der Waals surface area contributed by atoms with Crippen LogP contribution in [0.25, 0.3) is 296 Å². The Balaban J connectivity index is 0.000000107. The minimum absolute atomic E-state index is 0.908. The molecule has 3 aromatic heterocycles. The van der Waals surface area contributed by atoms with Gasteiger partial charge in [-0.1, -0.05) is 461 Å². The van der Waals surface area contributed by atoms with Crippen molar-refractivity contribution in [2.75, 3.05) is 0 Å². The second-order valence-corrected chi connectivity index (χ2v) is 38.5. The van der Waals surface area contributed by atoms with Crippen molar-refractivity contribution in [3.8, 4) is 134 Å². The lowest BCUT2D eigenvalue weighted by atomic mass is 9.82. The van der Waals surface area contributed by atoms with Crippen LogP contribution in [0.3, 0.4) is 0 Å². The first-order chi connectivity index (χ1) is 72.9. The van der Waals surface area contributed by atoms with Crippen LogP contribution < -0.4 is 0 Å². The van der Waals surface area contributed by atoms with E-state index in [1.165, 1.54) is 214 Å². The monoisotopic (exact) mass is 1870 g/mol. The van der Waals surface area contributed by atoms with Gasteiger partial charge in [-0.3, -0.25) is 0 Å². The molecule has 0 atom stereocenters. The molecule has 0 aliphatic heterocycles. The van der Waals surface area contributed by atoms with Crippen molar-refractivity contribution in [2.45, 2.75) is 0 Å². The third-order valence-corrected chi connectivity index (χ3v) is 30.2. The molecule has 3 nitrogen and oxygen atoms in total. The first-order valence-corrected chi connectivity index (χ1v) is 50.5. The van der Waals surface area contributed by atoms with Gasteiger partial charge in [0, 0.05) is 32.3 Å². The van der Waals surface area contributed by atoms with E-state index in [0.717, 1.165) is 82.5 Å². The lowest BCUT2D eigenvalue weighted by molar-refractivity contribution is 0.668. The average Bonchev–Trinajstić information content (AvgIpc) is 1.29. The van der Waals surface area contributed by atoms with Crippen LogP contribution in [0.4, 0.5) is 0 Å². The number of hydrogen-bond donors (Lipinski definition) is 0. The predicted molar refractivity (Wildman–Crippen MR) is 624 cm³/mol. The summed E-state index contributed by atoms with van der Waals surface area (Å²) in [6.45, 7) is 0. The Bertz CT molecular complexity index is 10300. The van der Waals surface area contributed by atoms with E-state index >= 15 is 0 Å². The van der Waals surface area contributed by atoms with E-state index in [2.05, 4.69) is 510 Å². The molecule has 3 heterocycles. The molecule has 684 valence electrons. The molecule has 0 N–H and O–H groups in total. The van der Waals surface area contributed by atoms with Gasteiger partial charge in [-0.15, -0.1) is 0 Å². The summed E-state index contributed by atoms with van der Waals surface area (Å²) in [5.41, 5.74) is 34.8. The Morgan fingerprint density at radius 3 is 0.707 bits per heavy atom. The molecule has 0 unspecified atom stereocenters. The number of hydrogen-bond acceptors (Lipinski definition) is 3. The SMILES string of the molecule is c1ccc(-c2ccc(-c3ccccc3)c3cc(-c4c5ccccc5c(-c5ccc6c(c5)oc5ccccc56)c5ccccc45)ccc23)cc1.c1ccc(-c2ccc3c(-c4ccccc4)c(-c4c5ccccc5c(-c5ccc6c(c5)oc5ccccc56)c5ccccc45)ccc3c2)cc1.c1ccc(-c2ccc3cc(-c4ccccc4)c(-c4c5ccccc5c(-c5ccc6c(c5)oc5ccccc56)c5ccccc45)cc3c2)cc1. The summed E-state index contributed by atoms with van der Waals surface area (Å²) >= 11 is 0. The maximum absolute atomic E-state index is 6.38. The van der Waals surface area contributed by atoms with Crippen LogP contribution in [0.1, 0.15) is 0 Å². The molecule has 27 aromatic carbocycles. The van der Waals surface area contributed by atoms with E-state index in [4.69, 9.17) is 13.3 Å². The molecule has 147 heavy (non-hydrogen) atoms. The molecule has 0 bridgehead atoms. The Hall–Kier alpha value is -19.3. The molecule has 3 heteroatoms. The van der Waals surface area contributed by atoms with Gasteiger partial charge < -0.3 is 13.3 Å². The normalized spacial score (nSPS) is 11.7. The highest BCUT2D eigenvalue weighted by molar-refractivity contribution is 6.28. The van der Waals surface area contributed by atoms with Crippen molar-refractivity contribution in [2.24, 2.45) is 0 Å². The highest BCUT2D eigenvalue weighted by Gasteiger charge is 2.27. The van der Waals surface area contributed by atoms with Crippen LogP contribution in [-0.2, 0) is 0 Å². The molecule has 0 spiro atoms. The molecule has 0 radical (unpaired) electrons. The maximum atomic E-state index is 6.38. The van der Waals surface area contributed by atoms with E-state index in [9.17, 15) is 0 Å². The van der Waals surface area contributed by atoms with Gasteiger partial charge in [-0.05, 0) is 315 Å². The van der Waals surface area contributed by atoms with Gasteiger partial charge in [0.1, 0.15) is 33.5 Å². The summed E-state index contributed by atoms with van der Waals surface area (Å²) in [4.78, 5) is 0. The number of fused-ring (bicyclic) bond motifs is 18. The van der Waals surface area contributed by atoms with E-state index in [0.29, 0.717) is 0 Å². The first kappa shape index (κ1) is 85.6. The second-order valence-electron chi connectivity index (χ2n) is 38.5. The van der Waals surface area contributed by atoms with E-state index in [1.807, 2.05) is 36.4 Å². The molecular formula is C144H90O3. The van der Waals surface area contributed by atoms with Crippen LogP contribution in [0.15, 0.2) is 559 Å². The summed E-state index contributed by atoms with van der Waals surface area (Å²) in [5.74, 6) is 0. The summed E-state index contributed by atoms with van der Waals surface area (Å²) < 4.78 is 19.1. The van der Waals surface area contributed by atoms with Crippen LogP contribution in [0.5, 0.6) is 0 Å². The van der Waals surface area contributed by atoms with Gasteiger partial charge in [-0.25, -0.2) is 0 Å². The topological polar surface area (TPSA) is 39.4 Å². The zero-order valence-electron chi connectivity index (χ0n) is 80.2. The largest absolute Gasteiger partial charge is 0.456 e. The molecule has 0 aliphatic carbocycles. The number of furan rings is 3. The predicted octanol–water partition coefficient (Wildman–Crippen LogP) is 41.1. The summed E-state index contributed by atoms with van der Waals surface area (Å²) in [6.07, 6.45) is 0. The fourth-order valence-corrected chi connectivity index (χ4v) is 23.5. The van der Waals surface area contributed by atoms with Crippen molar-refractivity contribution < 1.29 is 13.3 Å². The average molecular weight is 1870 g/mol. The van der Waals surface area contributed by atoms with Gasteiger partial charge in [0.15, 0.2) is 0 Å². The van der Waals surface area contributed by atoms with Gasteiger partial charge in [-0.2, -0.15) is 0 Å². The zero-order valence-corrected chi connectivity index (χ0v) is 80.2. The van der Waals surface area contributed by atoms with Gasteiger partial charge >= 0.3 is 0 Å². The van der Waals surface area contributed by atoms with Gasteiger partial charge in [0.25, 0.3) is 0 Å². The third-order valence-electron chi connectivity index (χ3n) is 30.2. The molecule has 30 rings (SSSR count). The maximum Gasteiger partial charge on any atom is 0.136 e. The summed E-state index contributed by atoms with van der Waals surface area (Å²) in [5, 5.41) is 29.1. The first-order valence-electron chi connectivity index (χ1n) is 50.5. The molecule has 0 amide bonds. The fraction of sp³-hybridized carbons (Fsp3) is 0. The molecular weight excluding hydrogens is 1780 g/mol. The van der Waals surface area contributed by atoms with Crippen LogP contribution in [0.2, 0.25) is 0 Å².